The number of ether oxygens (including phenoxy) is 2. The standard InChI is InChI=1S/C12H26O2S/c1-6-12(4,13-5)7-9-14-11(2,3)8-10-15/h15H,6-10H2,1-5H3. The van der Waals surface area contributed by atoms with Crippen LogP contribution in [0.2, 0.25) is 0 Å². The number of methoxy groups -OCH3 is 1. The molecule has 0 saturated heterocycles. The van der Waals surface area contributed by atoms with Gasteiger partial charge in [0, 0.05) is 7.11 Å². The molecule has 1 unspecified atom stereocenters. The Bertz CT molecular complexity index is 165. The third-order valence-electron chi connectivity index (χ3n) is 3.08. The van der Waals surface area contributed by atoms with Gasteiger partial charge < -0.3 is 9.47 Å². The second-order valence-corrected chi connectivity index (χ2v) is 5.29. The van der Waals surface area contributed by atoms with Crippen molar-refractivity contribution in [1.82, 2.24) is 0 Å². The highest BCUT2D eigenvalue weighted by atomic mass is 32.1. The van der Waals surface area contributed by atoms with Crippen LogP contribution in [0.3, 0.4) is 0 Å². The molecule has 15 heavy (non-hydrogen) atoms. The maximum atomic E-state index is 5.84. The average molecular weight is 234 g/mol. The van der Waals surface area contributed by atoms with Crippen LogP contribution in [-0.2, 0) is 9.47 Å². The van der Waals surface area contributed by atoms with Gasteiger partial charge in [0.1, 0.15) is 0 Å². The smallest absolute Gasteiger partial charge is 0.0670 e. The van der Waals surface area contributed by atoms with E-state index in [1.807, 2.05) is 0 Å². The molecular weight excluding hydrogens is 208 g/mol. The fourth-order valence-corrected chi connectivity index (χ4v) is 1.85. The van der Waals surface area contributed by atoms with E-state index in [0.717, 1.165) is 31.6 Å². The van der Waals surface area contributed by atoms with E-state index < -0.39 is 0 Å². The molecule has 0 heterocycles. The summed E-state index contributed by atoms with van der Waals surface area (Å²) >= 11 is 4.23. The maximum absolute atomic E-state index is 5.84. The largest absolute Gasteiger partial charge is 0.378 e. The Morgan fingerprint density at radius 2 is 1.73 bits per heavy atom. The topological polar surface area (TPSA) is 18.5 Å². The van der Waals surface area contributed by atoms with E-state index in [9.17, 15) is 0 Å². The van der Waals surface area contributed by atoms with Crippen LogP contribution < -0.4 is 0 Å². The maximum Gasteiger partial charge on any atom is 0.0670 e. The van der Waals surface area contributed by atoms with Crippen LogP contribution >= 0.6 is 12.6 Å². The van der Waals surface area contributed by atoms with Gasteiger partial charge in [-0.2, -0.15) is 12.6 Å². The first-order valence-electron chi connectivity index (χ1n) is 5.69. The lowest BCUT2D eigenvalue weighted by atomic mass is 9.99. The average Bonchev–Trinajstić information content (AvgIpc) is 2.17. The van der Waals surface area contributed by atoms with Gasteiger partial charge in [-0.3, -0.25) is 0 Å². The lowest BCUT2D eigenvalue weighted by molar-refractivity contribution is -0.0664. The van der Waals surface area contributed by atoms with Crippen molar-refractivity contribution >= 4 is 12.6 Å². The van der Waals surface area contributed by atoms with Crippen LogP contribution in [0, 0.1) is 0 Å². The third-order valence-corrected chi connectivity index (χ3v) is 3.30. The van der Waals surface area contributed by atoms with E-state index in [4.69, 9.17) is 9.47 Å². The molecule has 92 valence electrons. The van der Waals surface area contributed by atoms with Crippen molar-refractivity contribution in [3.63, 3.8) is 0 Å². The highest BCUT2D eigenvalue weighted by molar-refractivity contribution is 7.80. The molecule has 0 aromatic rings. The molecule has 0 spiro atoms. The van der Waals surface area contributed by atoms with Gasteiger partial charge in [-0.1, -0.05) is 6.92 Å². The number of hydrogen-bond acceptors (Lipinski definition) is 3. The summed E-state index contributed by atoms with van der Waals surface area (Å²) in [5.74, 6) is 0.863. The van der Waals surface area contributed by atoms with Gasteiger partial charge in [-0.25, -0.2) is 0 Å². The van der Waals surface area contributed by atoms with Crippen LogP contribution in [-0.4, -0.2) is 30.7 Å². The molecule has 0 rings (SSSR count). The fourth-order valence-electron chi connectivity index (χ4n) is 1.31. The highest BCUT2D eigenvalue weighted by Crippen LogP contribution is 2.21. The number of hydrogen-bond donors (Lipinski definition) is 1. The minimum Gasteiger partial charge on any atom is -0.378 e. The van der Waals surface area contributed by atoms with E-state index in [-0.39, 0.29) is 11.2 Å². The molecule has 0 aliphatic carbocycles. The van der Waals surface area contributed by atoms with Gasteiger partial charge in [0.25, 0.3) is 0 Å². The van der Waals surface area contributed by atoms with Crippen molar-refractivity contribution in [2.75, 3.05) is 19.5 Å². The third kappa shape index (κ3) is 6.44. The summed E-state index contributed by atoms with van der Waals surface area (Å²) in [4.78, 5) is 0. The van der Waals surface area contributed by atoms with Crippen LogP contribution in [0.5, 0.6) is 0 Å². The van der Waals surface area contributed by atoms with Gasteiger partial charge in [0.2, 0.25) is 0 Å². The molecule has 0 aromatic carbocycles. The number of thiol groups is 1. The summed E-state index contributed by atoms with van der Waals surface area (Å²) in [5, 5.41) is 0. The first-order valence-corrected chi connectivity index (χ1v) is 6.32. The Labute approximate surface area is 100 Å². The van der Waals surface area contributed by atoms with Crippen LogP contribution in [0.15, 0.2) is 0 Å². The quantitative estimate of drug-likeness (QED) is 0.650. The van der Waals surface area contributed by atoms with E-state index >= 15 is 0 Å². The van der Waals surface area contributed by atoms with Gasteiger partial charge >= 0.3 is 0 Å². The molecule has 3 heteroatoms. The van der Waals surface area contributed by atoms with E-state index in [1.165, 1.54) is 0 Å². The van der Waals surface area contributed by atoms with Crippen molar-refractivity contribution in [1.29, 1.82) is 0 Å². The fraction of sp³-hybridized carbons (Fsp3) is 1.00. The minimum absolute atomic E-state index is 0.0446. The lowest BCUT2D eigenvalue weighted by Gasteiger charge is -2.30. The summed E-state index contributed by atoms with van der Waals surface area (Å²) in [6.45, 7) is 9.24. The summed E-state index contributed by atoms with van der Waals surface area (Å²) in [7, 11) is 1.77. The second kappa shape index (κ2) is 6.77. The van der Waals surface area contributed by atoms with Gasteiger partial charge in [0.05, 0.1) is 17.8 Å². The molecule has 0 aliphatic heterocycles. The first kappa shape index (κ1) is 15.3. The predicted molar refractivity (Wildman–Crippen MR) is 68.8 cm³/mol. The summed E-state index contributed by atoms with van der Waals surface area (Å²) in [5.41, 5.74) is -0.110. The zero-order chi connectivity index (χ0) is 11.9. The van der Waals surface area contributed by atoms with Crippen LogP contribution in [0.25, 0.3) is 0 Å². The Hall–Kier alpha value is 0.270. The van der Waals surface area contributed by atoms with E-state index in [1.54, 1.807) is 7.11 Å². The molecule has 0 aromatic heterocycles. The molecule has 0 N–H and O–H groups in total. The van der Waals surface area contributed by atoms with Crippen molar-refractivity contribution < 1.29 is 9.47 Å². The normalized spacial score (nSPS) is 16.4. The molecule has 0 bridgehead atoms. The van der Waals surface area contributed by atoms with Gasteiger partial charge in [-0.15, -0.1) is 0 Å². The Morgan fingerprint density at radius 1 is 1.13 bits per heavy atom. The Balaban J connectivity index is 3.87. The zero-order valence-electron chi connectivity index (χ0n) is 10.8. The molecule has 0 amide bonds. The molecule has 0 saturated carbocycles. The highest BCUT2D eigenvalue weighted by Gasteiger charge is 2.23. The van der Waals surface area contributed by atoms with E-state index in [2.05, 4.69) is 40.3 Å². The second-order valence-electron chi connectivity index (χ2n) is 4.84. The summed E-state index contributed by atoms with van der Waals surface area (Å²) < 4.78 is 11.3. The summed E-state index contributed by atoms with van der Waals surface area (Å²) in [6, 6.07) is 0. The van der Waals surface area contributed by atoms with E-state index in [0.29, 0.717) is 0 Å². The molecule has 0 radical (unpaired) electrons. The molecule has 0 fully saturated rings. The predicted octanol–water partition coefficient (Wildman–Crippen LogP) is 3.31. The molecule has 2 nitrogen and oxygen atoms in total. The van der Waals surface area contributed by atoms with Crippen molar-refractivity contribution in [2.45, 2.75) is 58.2 Å². The molecule has 1 atom stereocenters. The van der Waals surface area contributed by atoms with Crippen LogP contribution in [0.4, 0.5) is 0 Å². The van der Waals surface area contributed by atoms with Crippen LogP contribution in [0.1, 0.15) is 47.0 Å². The Morgan fingerprint density at radius 3 is 2.13 bits per heavy atom. The first-order chi connectivity index (χ1) is 6.89. The van der Waals surface area contributed by atoms with Crippen molar-refractivity contribution in [3.05, 3.63) is 0 Å². The monoisotopic (exact) mass is 234 g/mol. The van der Waals surface area contributed by atoms with Crippen molar-refractivity contribution in [3.8, 4) is 0 Å². The van der Waals surface area contributed by atoms with Gasteiger partial charge in [0.15, 0.2) is 0 Å². The molecule has 0 aliphatic rings. The minimum atomic E-state index is -0.0653. The molecular formula is C12H26O2S. The van der Waals surface area contributed by atoms with Crippen molar-refractivity contribution in [2.24, 2.45) is 0 Å². The Kier molecular flexibility index (Phi) is 6.89. The lowest BCUT2D eigenvalue weighted by Crippen LogP contribution is -2.32. The number of rotatable bonds is 8. The SMILES string of the molecule is CCC(C)(CCOC(C)(C)CCS)OC. The summed E-state index contributed by atoms with van der Waals surface area (Å²) in [6.07, 6.45) is 2.93. The van der Waals surface area contributed by atoms with Gasteiger partial charge in [-0.05, 0) is 45.8 Å². The zero-order valence-corrected chi connectivity index (χ0v) is 11.7.